The Morgan fingerprint density at radius 3 is 2.49 bits per heavy atom. The molecule has 17 nitrogen and oxygen atoms in total. The van der Waals surface area contributed by atoms with Crippen LogP contribution in [0.4, 0.5) is 31.9 Å². The zero-order valence-corrected chi connectivity index (χ0v) is 34.7. The average Bonchev–Trinajstić information content (AvgIpc) is 3.89. The molecule has 7 amide bonds. The molecular formula is C44H45F2N9O8. The quantitative estimate of drug-likeness (QED) is 0.209. The first kappa shape index (κ1) is 42.7. The maximum Gasteiger partial charge on any atom is 0.342 e. The van der Waals surface area contributed by atoms with Crippen molar-refractivity contribution in [3.05, 3.63) is 64.8 Å². The van der Waals surface area contributed by atoms with E-state index in [0.717, 1.165) is 22.6 Å². The van der Waals surface area contributed by atoms with E-state index in [1.54, 1.807) is 35.2 Å². The van der Waals surface area contributed by atoms with Crippen LogP contribution >= 0.6 is 0 Å². The minimum Gasteiger partial charge on any atom is -0.495 e. The van der Waals surface area contributed by atoms with Crippen LogP contribution < -0.4 is 30.5 Å². The van der Waals surface area contributed by atoms with Gasteiger partial charge in [0.05, 0.1) is 36.7 Å². The van der Waals surface area contributed by atoms with Gasteiger partial charge in [0.1, 0.15) is 17.5 Å². The maximum atomic E-state index is 15.0. The summed E-state index contributed by atoms with van der Waals surface area (Å²) in [7, 11) is 2.73. The molecule has 5 heterocycles. The van der Waals surface area contributed by atoms with Crippen LogP contribution in [-0.2, 0) is 19.2 Å². The number of fused-ring (bicyclic) bond motifs is 2. The molecule has 328 valence electrons. The summed E-state index contributed by atoms with van der Waals surface area (Å²) in [6.07, 6.45) is 5.97. The van der Waals surface area contributed by atoms with E-state index in [0.29, 0.717) is 61.3 Å². The first-order valence-electron chi connectivity index (χ1n) is 20.9. The van der Waals surface area contributed by atoms with E-state index in [1.807, 2.05) is 0 Å². The van der Waals surface area contributed by atoms with Gasteiger partial charge < -0.3 is 30.1 Å². The number of nitrogens with zero attached hydrogens (tertiary/aromatic N) is 6. The van der Waals surface area contributed by atoms with Crippen molar-refractivity contribution in [1.82, 2.24) is 30.4 Å². The molecule has 19 heteroatoms. The molecule has 3 fully saturated rings. The third-order valence-electron chi connectivity index (χ3n) is 12.2. The molecule has 0 radical (unpaired) electrons. The van der Waals surface area contributed by atoms with Crippen molar-refractivity contribution >= 4 is 64.5 Å². The Bertz CT molecular complexity index is 2470. The van der Waals surface area contributed by atoms with Crippen LogP contribution in [0.1, 0.15) is 101 Å². The van der Waals surface area contributed by atoms with Gasteiger partial charge in [-0.2, -0.15) is 13.8 Å². The van der Waals surface area contributed by atoms with Crippen LogP contribution in [0.3, 0.4) is 0 Å². The smallest absolute Gasteiger partial charge is 0.342 e. The Balaban J connectivity index is 0.842. The Labute approximate surface area is 360 Å². The highest BCUT2D eigenvalue weighted by molar-refractivity contribution is 6.24. The molecule has 1 atom stereocenters. The summed E-state index contributed by atoms with van der Waals surface area (Å²) < 4.78 is 35.7. The molecule has 1 saturated carbocycles. The number of hydrogen-bond acceptors (Lipinski definition) is 12. The van der Waals surface area contributed by atoms with Gasteiger partial charge in [0.15, 0.2) is 5.82 Å². The predicted octanol–water partition coefficient (Wildman–Crippen LogP) is 3.54. The summed E-state index contributed by atoms with van der Waals surface area (Å²) in [5.74, 6) is -1.32. The van der Waals surface area contributed by atoms with E-state index in [-0.39, 0.29) is 78.2 Å². The summed E-state index contributed by atoms with van der Waals surface area (Å²) in [5, 5.41) is 8.29. The molecule has 3 N–H and O–H groups in total. The highest BCUT2D eigenvalue weighted by atomic mass is 19.3. The number of piperidine rings is 2. The Morgan fingerprint density at radius 1 is 1.00 bits per heavy atom. The molecule has 1 unspecified atom stereocenters. The highest BCUT2D eigenvalue weighted by Crippen LogP contribution is 2.40. The number of likely N-dealkylation sites (tertiary alicyclic amines) is 1. The van der Waals surface area contributed by atoms with E-state index in [1.165, 1.54) is 31.3 Å². The lowest BCUT2D eigenvalue weighted by Crippen LogP contribution is -2.54. The van der Waals surface area contributed by atoms with Gasteiger partial charge in [0.2, 0.25) is 23.7 Å². The normalized spacial score (nSPS) is 20.1. The molecule has 2 saturated heterocycles. The van der Waals surface area contributed by atoms with Gasteiger partial charge in [-0.3, -0.25) is 43.8 Å². The van der Waals surface area contributed by atoms with Crippen LogP contribution in [0.5, 0.6) is 5.75 Å². The highest BCUT2D eigenvalue weighted by Gasteiger charge is 2.49. The number of halogens is 2. The van der Waals surface area contributed by atoms with Crippen LogP contribution in [0.15, 0.2) is 42.6 Å². The van der Waals surface area contributed by atoms with Gasteiger partial charge in [-0.25, -0.2) is 4.98 Å². The summed E-state index contributed by atoms with van der Waals surface area (Å²) in [5.41, 5.74) is 1.46. The second-order valence-electron chi connectivity index (χ2n) is 16.2. The number of carbonyl (C=O) groups excluding carboxylic acids is 7. The van der Waals surface area contributed by atoms with Gasteiger partial charge in [0.25, 0.3) is 23.6 Å². The topological polar surface area (TPSA) is 204 Å². The van der Waals surface area contributed by atoms with Crippen LogP contribution in [0.2, 0.25) is 0 Å². The molecule has 1 aromatic heterocycles. The summed E-state index contributed by atoms with van der Waals surface area (Å²) >= 11 is 0. The molecule has 5 aliphatic rings. The van der Waals surface area contributed by atoms with Crippen molar-refractivity contribution in [2.75, 3.05) is 48.9 Å². The fourth-order valence-corrected chi connectivity index (χ4v) is 8.81. The number of alkyl halides is 2. The number of imide groups is 2. The molecule has 0 spiro atoms. The number of nitrogens with one attached hydrogen (secondary N) is 3. The number of ether oxygens (including phenoxy) is 1. The summed E-state index contributed by atoms with van der Waals surface area (Å²) in [4.78, 5) is 104. The number of hydrogen-bond donors (Lipinski definition) is 3. The van der Waals surface area contributed by atoms with Crippen LogP contribution in [0.25, 0.3) is 0 Å². The zero-order valence-electron chi connectivity index (χ0n) is 34.7. The number of carbonyl (C=O) groups is 7. The standard InChI is InChI=1S/C44H45F2N9O8/c1-52-32-23-47-43(51-37(32)54(28-10-4-5-11-28)24-44(45,46)42(52)62)49-30-15-14-26(22-33(30)63-2)38(58)48-27-18-20-53(21-19-27)35(57)13-6-3-8-25-9-7-12-29-36(25)41(61)55(40(29)60)31-16-17-34(56)50-39(31)59/h7,9,12,14-15,22-23,27-28,31H,4-6,10-11,13,16-21,24H2,1-2H3,(H,48,58)(H,47,49,51)(H,50,56,59). The first-order chi connectivity index (χ1) is 30.2. The van der Waals surface area contributed by atoms with E-state index < -0.39 is 48.0 Å². The monoisotopic (exact) mass is 865 g/mol. The van der Waals surface area contributed by atoms with Gasteiger partial charge in [-0.1, -0.05) is 30.7 Å². The Kier molecular flexibility index (Phi) is 11.8. The van der Waals surface area contributed by atoms with Gasteiger partial charge in [-0.05, 0) is 62.4 Å². The third-order valence-corrected chi connectivity index (χ3v) is 12.2. The number of methoxy groups -OCH3 is 1. The zero-order chi connectivity index (χ0) is 44.6. The van der Waals surface area contributed by atoms with Crippen molar-refractivity contribution in [2.24, 2.45) is 0 Å². The minimum absolute atomic E-state index is 0.0121. The lowest BCUT2D eigenvalue weighted by atomic mass is 10.0. The molecular weight excluding hydrogens is 821 g/mol. The number of amides is 7. The van der Waals surface area contributed by atoms with Gasteiger partial charge in [0, 0.05) is 62.6 Å². The number of anilines is 4. The molecule has 2 aromatic carbocycles. The average molecular weight is 866 g/mol. The van der Waals surface area contributed by atoms with E-state index in [9.17, 15) is 33.6 Å². The van der Waals surface area contributed by atoms with Crippen LogP contribution in [0, 0.1) is 11.8 Å². The molecule has 8 rings (SSSR count). The van der Waals surface area contributed by atoms with Crippen LogP contribution in [-0.4, -0.2) is 119 Å². The second kappa shape index (κ2) is 17.4. The van der Waals surface area contributed by atoms with E-state index >= 15 is 8.78 Å². The molecule has 63 heavy (non-hydrogen) atoms. The maximum absolute atomic E-state index is 15.0. The van der Waals surface area contributed by atoms with Gasteiger partial charge in [-0.15, -0.1) is 0 Å². The van der Waals surface area contributed by atoms with Crippen molar-refractivity contribution in [3.63, 3.8) is 0 Å². The van der Waals surface area contributed by atoms with Crippen molar-refractivity contribution in [3.8, 4) is 17.6 Å². The van der Waals surface area contributed by atoms with E-state index in [2.05, 4.69) is 37.8 Å². The van der Waals surface area contributed by atoms with Crippen molar-refractivity contribution in [2.45, 2.75) is 88.3 Å². The summed E-state index contributed by atoms with van der Waals surface area (Å²) in [6, 6.07) is 8.00. The fourth-order valence-electron chi connectivity index (χ4n) is 8.81. The predicted molar refractivity (Wildman–Crippen MR) is 223 cm³/mol. The second-order valence-corrected chi connectivity index (χ2v) is 16.2. The Hall–Kier alpha value is -6.97. The molecule has 4 aliphatic heterocycles. The fraction of sp³-hybridized carbons (Fsp3) is 0.432. The van der Waals surface area contributed by atoms with Gasteiger partial charge >= 0.3 is 5.92 Å². The first-order valence-corrected chi connectivity index (χ1v) is 20.9. The third kappa shape index (κ3) is 8.49. The SMILES string of the molecule is COc1cc(C(=O)NC2CCN(C(=O)CCC#Cc3cccc4c3C(=O)N(C3CCC(=O)NC3=O)C4=O)CC2)ccc1Nc1ncc2c(n1)N(C1CCCC1)CC(F)(F)C(=O)N2C. The lowest BCUT2D eigenvalue weighted by Gasteiger charge is -2.32. The number of aromatic nitrogens is 2. The lowest BCUT2D eigenvalue weighted by molar-refractivity contribution is -0.140. The minimum atomic E-state index is -3.61. The number of benzene rings is 2. The largest absolute Gasteiger partial charge is 0.495 e. The molecule has 1 aliphatic carbocycles. The van der Waals surface area contributed by atoms with Crippen molar-refractivity contribution in [1.29, 1.82) is 0 Å². The van der Waals surface area contributed by atoms with E-state index in [4.69, 9.17) is 4.74 Å². The Morgan fingerprint density at radius 2 is 1.76 bits per heavy atom. The van der Waals surface area contributed by atoms with Crippen molar-refractivity contribution < 1.29 is 47.1 Å². The molecule has 3 aromatic rings. The number of rotatable bonds is 9. The summed E-state index contributed by atoms with van der Waals surface area (Å²) in [6.45, 7) is 0.0546. The molecule has 0 bridgehead atoms.